The molecule has 0 radical (unpaired) electrons. The second-order valence-corrected chi connectivity index (χ2v) is 22.9. The maximum absolute atomic E-state index is 12.2. The number of ether oxygens (including phenoxy) is 6. The fraction of sp³-hybridized carbons (Fsp3) is 0.544. The fourth-order valence-corrected chi connectivity index (χ4v) is 9.29. The molecule has 7 rings (SSSR count). The number of carbonyl (C=O) groups is 2. The lowest BCUT2D eigenvalue weighted by Gasteiger charge is -2.35. The number of nitrogens with zero attached hydrogens (tertiary/aromatic N) is 6. The molecule has 2 aromatic carbocycles. The van der Waals surface area contributed by atoms with Crippen molar-refractivity contribution in [3.8, 4) is 23.0 Å². The van der Waals surface area contributed by atoms with Crippen LogP contribution in [0.1, 0.15) is 116 Å². The van der Waals surface area contributed by atoms with E-state index in [4.69, 9.17) is 40.0 Å². The molecule has 74 heavy (non-hydrogen) atoms. The number of methoxy groups -OCH3 is 4. The number of hydrogen-bond donors (Lipinski definition) is 1. The Kier molecular flexibility index (Phi) is 20.3. The summed E-state index contributed by atoms with van der Waals surface area (Å²) in [6.07, 6.45) is 9.67. The van der Waals surface area contributed by atoms with Crippen LogP contribution in [0.2, 0.25) is 17.8 Å². The van der Waals surface area contributed by atoms with Crippen molar-refractivity contribution in [2.75, 3.05) is 59.9 Å². The minimum Gasteiger partial charge on any atom is -0.497 e. The van der Waals surface area contributed by atoms with E-state index >= 15 is 0 Å². The van der Waals surface area contributed by atoms with Gasteiger partial charge < -0.3 is 43.5 Å². The van der Waals surface area contributed by atoms with Crippen LogP contribution in [0.3, 0.4) is 0 Å². The normalized spacial score (nSPS) is 16.0. The standard InChI is InChI=1S/C24H32N4O4.C18H32BNO2.C15H17ClN2O2/c1-16-13-20(17-9-11-28(12-10-17)23(29)32-24(2,3)4)26-27-22(16)25-15-18-7-8-19(30-5)14-21(18)31-6;1-16(2,3)22-15(21)20-10-8-14(9-11-20)19-12-17(4,5)18(6,7)13-19;1-10-8-15(16)18-17-13(10)7-5-11-4-6-12(19-2)9-14(11)20-3/h7-9,13-14H,10-12,15H2,1-6H3,(H,25,27);8H,9-13H2,1-7H3;4,6,8-9H,5,7H2,1-3H3. The van der Waals surface area contributed by atoms with Crippen LogP contribution in [-0.2, 0) is 28.9 Å². The highest BCUT2D eigenvalue weighted by atomic mass is 35.5. The molecule has 3 aliphatic rings. The van der Waals surface area contributed by atoms with E-state index in [1.165, 1.54) is 12.6 Å². The van der Waals surface area contributed by atoms with Crippen molar-refractivity contribution in [2.24, 2.45) is 10.8 Å². The van der Waals surface area contributed by atoms with Crippen molar-refractivity contribution in [2.45, 2.75) is 139 Å². The van der Waals surface area contributed by atoms with Crippen LogP contribution in [0.4, 0.5) is 15.4 Å². The largest absolute Gasteiger partial charge is 0.497 e. The minimum atomic E-state index is -0.498. The second kappa shape index (κ2) is 25.5. The summed E-state index contributed by atoms with van der Waals surface area (Å²) in [5.41, 5.74) is 8.45. The van der Waals surface area contributed by atoms with Crippen molar-refractivity contribution in [3.63, 3.8) is 0 Å². The van der Waals surface area contributed by atoms with Gasteiger partial charge in [-0.2, -0.15) is 5.10 Å². The maximum Gasteiger partial charge on any atom is 0.410 e. The first-order chi connectivity index (χ1) is 34.7. The molecule has 17 heteroatoms. The average molecular weight is 1040 g/mol. The molecule has 1 N–H and O–H groups in total. The van der Waals surface area contributed by atoms with Gasteiger partial charge in [0.2, 0.25) is 0 Å². The molecule has 0 unspecified atom stereocenters. The average Bonchev–Trinajstić information content (AvgIpc) is 3.57. The van der Waals surface area contributed by atoms with Gasteiger partial charge in [0, 0.05) is 50.4 Å². The predicted octanol–water partition coefficient (Wildman–Crippen LogP) is 12.3. The molecule has 15 nitrogen and oxygen atoms in total. The lowest BCUT2D eigenvalue weighted by molar-refractivity contribution is 0.0258. The Morgan fingerprint density at radius 1 is 0.662 bits per heavy atom. The zero-order valence-electron chi connectivity index (χ0n) is 47.0. The summed E-state index contributed by atoms with van der Waals surface area (Å²) in [6, 6.07) is 15.4. The molecule has 3 aliphatic heterocycles. The van der Waals surface area contributed by atoms with Gasteiger partial charge in [-0.05, 0) is 144 Å². The molecule has 0 spiro atoms. The summed E-state index contributed by atoms with van der Waals surface area (Å²) in [7, 11) is 6.57. The molecular formula is C57H81BClN7O8. The Labute approximate surface area is 446 Å². The summed E-state index contributed by atoms with van der Waals surface area (Å²) in [5.74, 6) is 3.83. The van der Waals surface area contributed by atoms with E-state index in [-0.39, 0.29) is 12.2 Å². The minimum absolute atomic E-state index is 0.185. The third kappa shape index (κ3) is 16.7. The van der Waals surface area contributed by atoms with Gasteiger partial charge in [0.25, 0.3) is 0 Å². The van der Waals surface area contributed by atoms with Crippen LogP contribution in [0.25, 0.3) is 5.57 Å². The van der Waals surface area contributed by atoms with Gasteiger partial charge in [-0.25, -0.2) is 9.59 Å². The molecule has 1 fully saturated rings. The zero-order valence-corrected chi connectivity index (χ0v) is 47.7. The van der Waals surface area contributed by atoms with E-state index in [1.807, 2.05) is 115 Å². The first kappa shape index (κ1) is 58.9. The lowest BCUT2D eigenvalue weighted by atomic mass is 9.40. The molecule has 0 aliphatic carbocycles. The van der Waals surface area contributed by atoms with Gasteiger partial charge in [-0.3, -0.25) is 0 Å². The molecule has 0 saturated carbocycles. The Hall–Kier alpha value is -6.03. The van der Waals surface area contributed by atoms with Crippen molar-refractivity contribution < 1.29 is 38.0 Å². The van der Waals surface area contributed by atoms with Gasteiger partial charge >= 0.3 is 12.2 Å². The molecule has 2 amide bonds. The number of aryl methyl sites for hydroxylation is 4. The van der Waals surface area contributed by atoms with Crippen molar-refractivity contribution >= 4 is 41.9 Å². The van der Waals surface area contributed by atoms with Crippen molar-refractivity contribution in [3.05, 3.63) is 105 Å². The van der Waals surface area contributed by atoms with Crippen LogP contribution in [0.5, 0.6) is 23.0 Å². The van der Waals surface area contributed by atoms with E-state index in [0.29, 0.717) is 55.3 Å². The predicted molar refractivity (Wildman–Crippen MR) is 296 cm³/mol. The summed E-state index contributed by atoms with van der Waals surface area (Å²) in [4.78, 5) is 27.9. The first-order valence-corrected chi connectivity index (χ1v) is 26.0. The Bertz CT molecular complexity index is 2610. The van der Waals surface area contributed by atoms with Crippen LogP contribution in [-0.4, -0.2) is 115 Å². The van der Waals surface area contributed by atoms with E-state index in [9.17, 15) is 9.59 Å². The summed E-state index contributed by atoms with van der Waals surface area (Å²) >= 11 is 5.81. The third-order valence-corrected chi connectivity index (χ3v) is 14.2. The number of nitrogens with one attached hydrogen (secondary N) is 1. The Balaban J connectivity index is 0.000000213. The molecule has 402 valence electrons. The number of aromatic nitrogens is 4. The summed E-state index contributed by atoms with van der Waals surface area (Å²) in [5, 5.41) is 20.6. The lowest BCUT2D eigenvalue weighted by Crippen LogP contribution is -2.40. The topological polar surface area (TPSA) is 160 Å². The van der Waals surface area contributed by atoms with Gasteiger partial charge in [0.05, 0.1) is 39.8 Å². The number of rotatable bonds is 12. The maximum atomic E-state index is 12.2. The van der Waals surface area contributed by atoms with Crippen LogP contribution >= 0.6 is 11.6 Å². The fourth-order valence-electron chi connectivity index (χ4n) is 9.09. The van der Waals surface area contributed by atoms with E-state index < -0.39 is 11.2 Å². The Morgan fingerprint density at radius 2 is 1.20 bits per heavy atom. The number of amides is 2. The Morgan fingerprint density at radius 3 is 1.68 bits per heavy atom. The SMILES string of the molecule is CC(C)(C)OC(=O)N1CC=C(B2CC(C)(C)C(C)(C)C2)CC1.COc1ccc(CCc2nnc(Cl)cc2C)c(OC)c1.COc1ccc(CNc2nnc(C3=CCN(C(=O)OC(C)(C)C)CC3)cc2C)c(OC)c1. The summed E-state index contributed by atoms with van der Waals surface area (Å²) < 4.78 is 32.2. The van der Waals surface area contributed by atoms with E-state index in [2.05, 4.69) is 59.5 Å². The highest BCUT2D eigenvalue weighted by molar-refractivity contribution is 6.68. The van der Waals surface area contributed by atoms with Gasteiger partial charge in [-0.15, -0.1) is 20.8 Å². The monoisotopic (exact) mass is 1040 g/mol. The second-order valence-electron chi connectivity index (χ2n) is 22.5. The van der Waals surface area contributed by atoms with Crippen LogP contribution in [0.15, 0.2) is 66.2 Å². The van der Waals surface area contributed by atoms with E-state index in [1.54, 1.807) is 38.8 Å². The van der Waals surface area contributed by atoms with Gasteiger partial charge in [-0.1, -0.05) is 70.2 Å². The first-order valence-electron chi connectivity index (χ1n) is 25.6. The number of carbonyl (C=O) groups excluding carboxylic acids is 2. The zero-order chi connectivity index (χ0) is 54.6. The number of hydrogen-bond acceptors (Lipinski definition) is 13. The number of halogens is 1. The number of benzene rings is 2. The highest BCUT2D eigenvalue weighted by Crippen LogP contribution is 2.54. The quantitative estimate of drug-likeness (QED) is 0.134. The molecular weight excluding hydrogens is 957 g/mol. The van der Waals surface area contributed by atoms with Crippen molar-refractivity contribution in [1.82, 2.24) is 30.2 Å². The molecule has 1 saturated heterocycles. The molecule has 5 heterocycles. The molecule has 0 bridgehead atoms. The highest BCUT2D eigenvalue weighted by Gasteiger charge is 2.48. The van der Waals surface area contributed by atoms with Crippen molar-refractivity contribution in [1.29, 1.82) is 0 Å². The molecule has 2 aromatic heterocycles. The summed E-state index contributed by atoms with van der Waals surface area (Å²) in [6.45, 7) is 28.7. The van der Waals surface area contributed by atoms with Gasteiger partial charge in [0.15, 0.2) is 17.7 Å². The third-order valence-electron chi connectivity index (χ3n) is 14.1. The van der Waals surface area contributed by atoms with Crippen LogP contribution < -0.4 is 24.3 Å². The smallest absolute Gasteiger partial charge is 0.410 e. The van der Waals surface area contributed by atoms with Crippen LogP contribution in [0, 0.1) is 24.7 Å². The molecule has 0 atom stereocenters. The molecule has 4 aromatic rings. The number of anilines is 1. The van der Waals surface area contributed by atoms with E-state index in [0.717, 1.165) is 93.8 Å². The van der Waals surface area contributed by atoms with Gasteiger partial charge in [0.1, 0.15) is 34.2 Å².